The lowest BCUT2D eigenvalue weighted by Crippen LogP contribution is -2.22. The van der Waals surface area contributed by atoms with Crippen LogP contribution in [-0.2, 0) is 0 Å². The maximum Gasteiger partial charge on any atom is 0.258 e. The summed E-state index contributed by atoms with van der Waals surface area (Å²) in [5, 5.41) is 4.45. The van der Waals surface area contributed by atoms with Crippen LogP contribution in [0.2, 0.25) is 5.15 Å². The molecule has 2 rings (SSSR count). The Morgan fingerprint density at radius 1 is 1.32 bits per heavy atom. The Balaban J connectivity index is 2.53. The molecular formula is C13H13ClFN3O. The average Bonchev–Trinajstić information content (AvgIpc) is 2.65. The molecule has 4 nitrogen and oxygen atoms in total. The molecule has 1 aromatic heterocycles. The van der Waals surface area contributed by atoms with Gasteiger partial charge in [0.2, 0.25) is 0 Å². The van der Waals surface area contributed by atoms with E-state index in [2.05, 4.69) is 5.10 Å². The Kier molecular flexibility index (Phi) is 3.57. The molecule has 0 atom stereocenters. The predicted octanol–water partition coefficient (Wildman–Crippen LogP) is 2.68. The summed E-state index contributed by atoms with van der Waals surface area (Å²) in [5.41, 5.74) is 1.50. The van der Waals surface area contributed by atoms with E-state index in [4.69, 9.17) is 11.6 Å². The number of rotatable bonds is 2. The molecule has 0 aliphatic carbocycles. The monoisotopic (exact) mass is 281 g/mol. The lowest BCUT2D eigenvalue weighted by Gasteiger charge is -2.09. The van der Waals surface area contributed by atoms with Crippen LogP contribution >= 0.6 is 11.6 Å². The lowest BCUT2D eigenvalue weighted by molar-refractivity contribution is 0.0827. The largest absolute Gasteiger partial charge is 0.345 e. The number of aromatic nitrogens is 2. The van der Waals surface area contributed by atoms with Crippen molar-refractivity contribution < 1.29 is 9.18 Å². The minimum absolute atomic E-state index is 0.212. The molecule has 0 saturated carbocycles. The molecule has 0 saturated heterocycles. The number of nitrogens with zero attached hydrogens (tertiary/aromatic N) is 3. The maximum atomic E-state index is 12.9. The van der Waals surface area contributed by atoms with Crippen molar-refractivity contribution in [3.8, 4) is 5.69 Å². The molecule has 1 amide bonds. The second kappa shape index (κ2) is 5.01. The minimum Gasteiger partial charge on any atom is -0.345 e. The van der Waals surface area contributed by atoms with Gasteiger partial charge in [-0.1, -0.05) is 11.6 Å². The molecule has 0 radical (unpaired) electrons. The van der Waals surface area contributed by atoms with Gasteiger partial charge in [0.25, 0.3) is 5.91 Å². The number of carbonyl (C=O) groups excluding carboxylic acids is 1. The fourth-order valence-electron chi connectivity index (χ4n) is 1.72. The summed E-state index contributed by atoms with van der Waals surface area (Å²) in [4.78, 5) is 13.4. The second-order valence-corrected chi connectivity index (χ2v) is 4.70. The molecule has 6 heteroatoms. The highest BCUT2D eigenvalue weighted by molar-refractivity contribution is 6.33. The number of amides is 1. The van der Waals surface area contributed by atoms with Gasteiger partial charge in [0.15, 0.2) is 0 Å². The van der Waals surface area contributed by atoms with Gasteiger partial charge >= 0.3 is 0 Å². The minimum atomic E-state index is -0.339. The van der Waals surface area contributed by atoms with Crippen LogP contribution in [0.5, 0.6) is 0 Å². The van der Waals surface area contributed by atoms with Crippen molar-refractivity contribution >= 4 is 17.5 Å². The quantitative estimate of drug-likeness (QED) is 0.849. The van der Waals surface area contributed by atoms with E-state index < -0.39 is 0 Å². The molecule has 2 aromatic rings. The van der Waals surface area contributed by atoms with Crippen LogP contribution in [0.25, 0.3) is 5.69 Å². The summed E-state index contributed by atoms with van der Waals surface area (Å²) < 4.78 is 14.3. The maximum absolute atomic E-state index is 12.9. The van der Waals surface area contributed by atoms with Crippen molar-refractivity contribution in [3.05, 3.63) is 46.5 Å². The summed E-state index contributed by atoms with van der Waals surface area (Å²) in [6.45, 7) is 1.71. The zero-order chi connectivity index (χ0) is 14.2. The smallest absolute Gasteiger partial charge is 0.258 e. The summed E-state index contributed by atoms with van der Waals surface area (Å²) in [6.07, 6.45) is 0. The van der Waals surface area contributed by atoms with Gasteiger partial charge in [0.1, 0.15) is 11.0 Å². The molecule has 0 fully saturated rings. The van der Waals surface area contributed by atoms with Gasteiger partial charge in [-0.15, -0.1) is 0 Å². The molecule has 0 aliphatic heterocycles. The number of halogens is 2. The SMILES string of the molecule is Cc1nn(-c2ccc(F)cc2)c(Cl)c1C(=O)N(C)C. The van der Waals surface area contributed by atoms with Gasteiger partial charge in [0.05, 0.1) is 16.9 Å². The molecule has 19 heavy (non-hydrogen) atoms. The first-order valence-corrected chi connectivity index (χ1v) is 6.02. The molecule has 100 valence electrons. The fourth-order valence-corrected chi connectivity index (χ4v) is 2.07. The van der Waals surface area contributed by atoms with Crippen LogP contribution in [0.15, 0.2) is 24.3 Å². The van der Waals surface area contributed by atoms with Crippen LogP contribution in [0.3, 0.4) is 0 Å². The number of hydrogen-bond acceptors (Lipinski definition) is 2. The number of aryl methyl sites for hydroxylation is 1. The van der Waals surface area contributed by atoms with E-state index in [1.807, 2.05) is 0 Å². The van der Waals surface area contributed by atoms with Crippen molar-refractivity contribution in [1.82, 2.24) is 14.7 Å². The lowest BCUT2D eigenvalue weighted by atomic mass is 10.2. The van der Waals surface area contributed by atoms with Crippen LogP contribution < -0.4 is 0 Å². The van der Waals surface area contributed by atoms with E-state index in [1.165, 1.54) is 21.7 Å². The van der Waals surface area contributed by atoms with Gasteiger partial charge in [0, 0.05) is 14.1 Å². The van der Waals surface area contributed by atoms with Gasteiger partial charge in [-0.25, -0.2) is 9.07 Å². The Morgan fingerprint density at radius 2 is 1.89 bits per heavy atom. The molecule has 0 N–H and O–H groups in total. The van der Waals surface area contributed by atoms with E-state index in [1.54, 1.807) is 33.2 Å². The van der Waals surface area contributed by atoms with Crippen LogP contribution in [0, 0.1) is 12.7 Å². The zero-order valence-corrected chi connectivity index (χ0v) is 11.6. The normalized spacial score (nSPS) is 10.6. The number of hydrogen-bond donors (Lipinski definition) is 0. The Morgan fingerprint density at radius 3 is 2.42 bits per heavy atom. The van der Waals surface area contributed by atoms with Crippen LogP contribution in [-0.4, -0.2) is 34.7 Å². The van der Waals surface area contributed by atoms with E-state index in [9.17, 15) is 9.18 Å². The third-order valence-corrected chi connectivity index (χ3v) is 3.04. The first-order valence-electron chi connectivity index (χ1n) is 5.64. The van der Waals surface area contributed by atoms with Crippen LogP contribution in [0.1, 0.15) is 16.1 Å². The van der Waals surface area contributed by atoms with E-state index in [-0.39, 0.29) is 16.9 Å². The van der Waals surface area contributed by atoms with E-state index in [0.717, 1.165) is 0 Å². The number of carbonyl (C=O) groups is 1. The van der Waals surface area contributed by atoms with E-state index >= 15 is 0 Å². The highest BCUT2D eigenvalue weighted by Gasteiger charge is 2.22. The standard InChI is InChI=1S/C13H13ClFN3O/c1-8-11(13(19)17(2)3)12(14)18(16-8)10-6-4-9(15)5-7-10/h4-7H,1-3H3. The average molecular weight is 282 g/mol. The third-order valence-electron chi connectivity index (χ3n) is 2.70. The van der Waals surface area contributed by atoms with Gasteiger partial charge in [-0.05, 0) is 31.2 Å². The van der Waals surface area contributed by atoms with Crippen molar-refractivity contribution in [1.29, 1.82) is 0 Å². The molecule has 0 unspecified atom stereocenters. The summed E-state index contributed by atoms with van der Waals surface area (Å²) >= 11 is 6.20. The predicted molar refractivity (Wildman–Crippen MR) is 71.3 cm³/mol. The Hall–Kier alpha value is -1.88. The van der Waals surface area contributed by atoms with Crippen molar-refractivity contribution in [2.45, 2.75) is 6.92 Å². The topological polar surface area (TPSA) is 38.1 Å². The van der Waals surface area contributed by atoms with E-state index in [0.29, 0.717) is 16.9 Å². The zero-order valence-electron chi connectivity index (χ0n) is 10.8. The second-order valence-electron chi connectivity index (χ2n) is 4.34. The first kappa shape index (κ1) is 13.5. The van der Waals surface area contributed by atoms with Crippen molar-refractivity contribution in [3.63, 3.8) is 0 Å². The molecule has 0 spiro atoms. The molecule has 0 aliphatic rings. The number of benzene rings is 1. The van der Waals surface area contributed by atoms with Gasteiger partial charge in [-0.2, -0.15) is 5.10 Å². The van der Waals surface area contributed by atoms with Crippen molar-refractivity contribution in [2.75, 3.05) is 14.1 Å². The van der Waals surface area contributed by atoms with Crippen molar-refractivity contribution in [2.24, 2.45) is 0 Å². The molecular weight excluding hydrogens is 269 g/mol. The van der Waals surface area contributed by atoms with Gasteiger partial charge < -0.3 is 4.90 Å². The highest BCUT2D eigenvalue weighted by Crippen LogP contribution is 2.24. The first-order chi connectivity index (χ1) is 8.91. The summed E-state index contributed by atoms with van der Waals surface area (Å²) in [5.74, 6) is -0.552. The summed E-state index contributed by atoms with van der Waals surface area (Å²) in [7, 11) is 3.29. The Bertz CT molecular complexity index is 620. The van der Waals surface area contributed by atoms with Crippen LogP contribution in [0.4, 0.5) is 4.39 Å². The third kappa shape index (κ3) is 2.46. The Labute approximate surface area is 115 Å². The van der Waals surface area contributed by atoms with Gasteiger partial charge in [-0.3, -0.25) is 4.79 Å². The highest BCUT2D eigenvalue weighted by atomic mass is 35.5. The molecule has 1 aromatic carbocycles. The molecule has 1 heterocycles. The fraction of sp³-hybridized carbons (Fsp3) is 0.231. The summed E-state index contributed by atoms with van der Waals surface area (Å²) in [6, 6.07) is 5.74. The molecule has 0 bridgehead atoms.